The fraction of sp³-hybridized carbons (Fsp3) is 0.933. The number of piperidine rings is 1. The van der Waals surface area contributed by atoms with E-state index in [4.69, 9.17) is 0 Å². The van der Waals surface area contributed by atoms with Crippen LogP contribution in [-0.2, 0) is 4.79 Å². The number of nitrogens with zero attached hydrogens (tertiary/aromatic N) is 1. The van der Waals surface area contributed by atoms with E-state index in [0.717, 1.165) is 51.9 Å². The van der Waals surface area contributed by atoms with Gasteiger partial charge in [0.05, 0.1) is 5.41 Å². The third-order valence-electron chi connectivity index (χ3n) is 3.91. The van der Waals surface area contributed by atoms with Gasteiger partial charge in [0, 0.05) is 19.6 Å². The highest BCUT2D eigenvalue weighted by molar-refractivity contribution is 5.83. The SMILES string of the molecule is CCCC1(C(=O)N(CC)CC(C)C)CCCNC1. The van der Waals surface area contributed by atoms with Crippen molar-refractivity contribution in [2.45, 2.75) is 53.4 Å². The summed E-state index contributed by atoms with van der Waals surface area (Å²) in [5.74, 6) is 0.928. The van der Waals surface area contributed by atoms with E-state index in [0.29, 0.717) is 11.8 Å². The summed E-state index contributed by atoms with van der Waals surface area (Å²) >= 11 is 0. The fourth-order valence-corrected chi connectivity index (χ4v) is 3.08. The molecule has 1 heterocycles. The van der Waals surface area contributed by atoms with Gasteiger partial charge in [-0.05, 0) is 38.6 Å². The largest absolute Gasteiger partial charge is 0.342 e. The van der Waals surface area contributed by atoms with Gasteiger partial charge in [-0.1, -0.05) is 27.2 Å². The van der Waals surface area contributed by atoms with Crippen LogP contribution in [0.5, 0.6) is 0 Å². The summed E-state index contributed by atoms with van der Waals surface area (Å²) in [6, 6.07) is 0. The van der Waals surface area contributed by atoms with Crippen molar-refractivity contribution in [1.82, 2.24) is 10.2 Å². The molecule has 0 aromatic heterocycles. The number of nitrogens with one attached hydrogen (secondary N) is 1. The zero-order chi connectivity index (χ0) is 13.6. The van der Waals surface area contributed by atoms with Gasteiger partial charge in [0.1, 0.15) is 0 Å². The van der Waals surface area contributed by atoms with E-state index in [2.05, 4.69) is 37.9 Å². The van der Waals surface area contributed by atoms with Crippen molar-refractivity contribution in [2.75, 3.05) is 26.2 Å². The molecule has 1 N–H and O–H groups in total. The van der Waals surface area contributed by atoms with Crippen molar-refractivity contribution in [3.05, 3.63) is 0 Å². The van der Waals surface area contributed by atoms with E-state index in [9.17, 15) is 4.79 Å². The van der Waals surface area contributed by atoms with Crippen LogP contribution in [0.4, 0.5) is 0 Å². The smallest absolute Gasteiger partial charge is 0.230 e. The minimum Gasteiger partial charge on any atom is -0.342 e. The Bertz CT molecular complexity index is 252. The average Bonchev–Trinajstić information content (AvgIpc) is 2.36. The number of hydrogen-bond donors (Lipinski definition) is 1. The molecule has 106 valence electrons. The first kappa shape index (κ1) is 15.5. The molecule has 1 amide bonds. The Kier molecular flexibility index (Phi) is 6.13. The summed E-state index contributed by atoms with van der Waals surface area (Å²) < 4.78 is 0. The summed E-state index contributed by atoms with van der Waals surface area (Å²) in [5, 5.41) is 3.43. The quantitative estimate of drug-likeness (QED) is 0.790. The molecule has 1 aliphatic heterocycles. The lowest BCUT2D eigenvalue weighted by Gasteiger charge is -2.40. The maximum atomic E-state index is 12.9. The molecule has 0 aliphatic carbocycles. The predicted molar refractivity (Wildman–Crippen MR) is 76.5 cm³/mol. The molecule has 0 aromatic carbocycles. The number of hydrogen-bond acceptors (Lipinski definition) is 2. The van der Waals surface area contributed by atoms with Crippen molar-refractivity contribution in [3.63, 3.8) is 0 Å². The van der Waals surface area contributed by atoms with Gasteiger partial charge in [-0.3, -0.25) is 4.79 Å². The Morgan fingerprint density at radius 1 is 1.39 bits per heavy atom. The number of amides is 1. The zero-order valence-corrected chi connectivity index (χ0v) is 12.6. The number of carbonyl (C=O) groups excluding carboxylic acids is 1. The van der Waals surface area contributed by atoms with Gasteiger partial charge in [-0.2, -0.15) is 0 Å². The van der Waals surface area contributed by atoms with Crippen LogP contribution >= 0.6 is 0 Å². The lowest BCUT2D eigenvalue weighted by atomic mass is 9.75. The van der Waals surface area contributed by atoms with E-state index in [1.807, 2.05) is 0 Å². The molecule has 3 heteroatoms. The second kappa shape index (κ2) is 7.13. The molecule has 1 atom stereocenters. The lowest BCUT2D eigenvalue weighted by Crippen LogP contribution is -2.52. The van der Waals surface area contributed by atoms with Crippen LogP contribution < -0.4 is 5.32 Å². The highest BCUT2D eigenvalue weighted by atomic mass is 16.2. The Balaban J connectivity index is 2.79. The maximum Gasteiger partial charge on any atom is 0.230 e. The highest BCUT2D eigenvalue weighted by Crippen LogP contribution is 2.34. The van der Waals surface area contributed by atoms with Crippen LogP contribution in [0, 0.1) is 11.3 Å². The first-order valence-corrected chi connectivity index (χ1v) is 7.56. The van der Waals surface area contributed by atoms with Crippen molar-refractivity contribution < 1.29 is 4.79 Å². The van der Waals surface area contributed by atoms with Crippen LogP contribution in [0.15, 0.2) is 0 Å². The summed E-state index contributed by atoms with van der Waals surface area (Å²) in [4.78, 5) is 14.9. The van der Waals surface area contributed by atoms with E-state index < -0.39 is 0 Å². The second-order valence-electron chi connectivity index (χ2n) is 6.05. The molecule has 0 radical (unpaired) electrons. The Morgan fingerprint density at radius 2 is 2.11 bits per heavy atom. The van der Waals surface area contributed by atoms with E-state index in [1.54, 1.807) is 0 Å². The summed E-state index contributed by atoms with van der Waals surface area (Å²) in [7, 11) is 0. The van der Waals surface area contributed by atoms with Crippen molar-refractivity contribution in [3.8, 4) is 0 Å². The standard InChI is InChI=1S/C15H30N2O/c1-5-8-15(9-7-10-16-12-15)14(18)17(6-2)11-13(3)4/h13,16H,5-12H2,1-4H3. The van der Waals surface area contributed by atoms with Gasteiger partial charge in [0.15, 0.2) is 0 Å². The third-order valence-corrected chi connectivity index (χ3v) is 3.91. The first-order chi connectivity index (χ1) is 8.55. The van der Waals surface area contributed by atoms with Crippen LogP contribution in [0.1, 0.15) is 53.4 Å². The van der Waals surface area contributed by atoms with Gasteiger partial charge < -0.3 is 10.2 Å². The minimum atomic E-state index is -0.127. The third kappa shape index (κ3) is 3.71. The Hall–Kier alpha value is -0.570. The highest BCUT2D eigenvalue weighted by Gasteiger charge is 2.40. The predicted octanol–water partition coefficient (Wildman–Crippen LogP) is 2.66. The summed E-state index contributed by atoms with van der Waals surface area (Å²) in [6.07, 6.45) is 4.30. The molecule has 1 saturated heterocycles. The molecule has 1 unspecified atom stereocenters. The van der Waals surface area contributed by atoms with Gasteiger partial charge in [0.25, 0.3) is 0 Å². The van der Waals surface area contributed by atoms with Crippen LogP contribution in [0.25, 0.3) is 0 Å². The van der Waals surface area contributed by atoms with Crippen LogP contribution in [0.3, 0.4) is 0 Å². The Morgan fingerprint density at radius 3 is 2.56 bits per heavy atom. The Labute approximate surface area is 112 Å². The van der Waals surface area contributed by atoms with Crippen molar-refractivity contribution in [1.29, 1.82) is 0 Å². The van der Waals surface area contributed by atoms with Gasteiger partial charge >= 0.3 is 0 Å². The molecule has 3 nitrogen and oxygen atoms in total. The molecule has 0 saturated carbocycles. The molecule has 1 aliphatic rings. The summed E-state index contributed by atoms with van der Waals surface area (Å²) in [6.45, 7) is 12.3. The normalized spacial score (nSPS) is 24.3. The molecule has 18 heavy (non-hydrogen) atoms. The molecule has 0 spiro atoms. The van der Waals surface area contributed by atoms with E-state index in [1.165, 1.54) is 0 Å². The zero-order valence-electron chi connectivity index (χ0n) is 12.6. The first-order valence-electron chi connectivity index (χ1n) is 7.56. The number of carbonyl (C=O) groups is 1. The van der Waals surface area contributed by atoms with E-state index >= 15 is 0 Å². The monoisotopic (exact) mass is 254 g/mol. The molecular weight excluding hydrogens is 224 g/mol. The molecule has 1 fully saturated rings. The molecular formula is C15H30N2O. The van der Waals surface area contributed by atoms with Gasteiger partial charge in [-0.25, -0.2) is 0 Å². The fourth-order valence-electron chi connectivity index (χ4n) is 3.08. The minimum absolute atomic E-state index is 0.127. The second-order valence-corrected chi connectivity index (χ2v) is 6.05. The number of rotatable bonds is 6. The van der Waals surface area contributed by atoms with Crippen molar-refractivity contribution in [2.24, 2.45) is 11.3 Å². The van der Waals surface area contributed by atoms with Crippen LogP contribution in [0.2, 0.25) is 0 Å². The molecule has 1 rings (SSSR count). The topological polar surface area (TPSA) is 32.3 Å². The molecule has 0 bridgehead atoms. The van der Waals surface area contributed by atoms with Crippen molar-refractivity contribution >= 4 is 5.91 Å². The van der Waals surface area contributed by atoms with E-state index in [-0.39, 0.29) is 5.41 Å². The molecule has 0 aromatic rings. The average molecular weight is 254 g/mol. The van der Waals surface area contributed by atoms with Gasteiger partial charge in [0.2, 0.25) is 5.91 Å². The summed E-state index contributed by atoms with van der Waals surface area (Å²) in [5.41, 5.74) is -0.127. The van der Waals surface area contributed by atoms with Crippen LogP contribution in [-0.4, -0.2) is 37.0 Å². The lowest BCUT2D eigenvalue weighted by molar-refractivity contribution is -0.144. The van der Waals surface area contributed by atoms with Gasteiger partial charge in [-0.15, -0.1) is 0 Å². The maximum absolute atomic E-state index is 12.9.